The molecule has 0 aromatic heterocycles. The summed E-state index contributed by atoms with van der Waals surface area (Å²) in [5.74, 6) is 3.11. The predicted molar refractivity (Wildman–Crippen MR) is 68.8 cm³/mol. The van der Waals surface area contributed by atoms with E-state index in [0.717, 1.165) is 23.3 Å². The molecule has 0 unspecified atom stereocenters. The Morgan fingerprint density at radius 2 is 2.06 bits per heavy atom. The van der Waals surface area contributed by atoms with Gasteiger partial charge in [0.15, 0.2) is 0 Å². The van der Waals surface area contributed by atoms with E-state index in [2.05, 4.69) is 32.0 Å². The summed E-state index contributed by atoms with van der Waals surface area (Å²) < 4.78 is 0. The van der Waals surface area contributed by atoms with Crippen molar-refractivity contribution in [3.8, 4) is 6.07 Å². The topological polar surface area (TPSA) is 23.8 Å². The van der Waals surface area contributed by atoms with E-state index in [1.807, 2.05) is 6.07 Å². The van der Waals surface area contributed by atoms with Crippen LogP contribution in [-0.4, -0.2) is 0 Å². The van der Waals surface area contributed by atoms with Gasteiger partial charge in [0.25, 0.3) is 0 Å². The van der Waals surface area contributed by atoms with Gasteiger partial charge in [-0.1, -0.05) is 26.0 Å². The van der Waals surface area contributed by atoms with E-state index in [-0.39, 0.29) is 0 Å². The third-order valence-corrected chi connectivity index (χ3v) is 4.34. The fourth-order valence-corrected chi connectivity index (χ4v) is 2.98. The van der Waals surface area contributed by atoms with E-state index < -0.39 is 0 Å². The summed E-state index contributed by atoms with van der Waals surface area (Å²) in [4.78, 5) is 0. The Bertz CT molecular complexity index is 477. The van der Waals surface area contributed by atoms with E-state index in [9.17, 15) is 0 Å². The summed E-state index contributed by atoms with van der Waals surface area (Å²) in [6, 6.07) is 8.88. The van der Waals surface area contributed by atoms with Gasteiger partial charge in [-0.25, -0.2) is 0 Å². The quantitative estimate of drug-likeness (QED) is 0.756. The van der Waals surface area contributed by atoms with Crippen LogP contribution in [0.4, 0.5) is 0 Å². The van der Waals surface area contributed by atoms with Crippen LogP contribution < -0.4 is 0 Å². The molecule has 17 heavy (non-hydrogen) atoms. The highest BCUT2D eigenvalue weighted by Crippen LogP contribution is 2.53. The van der Waals surface area contributed by atoms with Crippen molar-refractivity contribution in [2.45, 2.75) is 44.9 Å². The van der Waals surface area contributed by atoms with Gasteiger partial charge in [0.1, 0.15) is 0 Å². The standard InChI is InChI=1S/C16H19N/c1-10(2)14-8-16(14)12-5-6-13(9-17)15(7-12)11-3-4-11/h5-7,10-11,14,16H,3-4,8H2,1-2H3/t14-,16-/m1/s1. The first-order valence-corrected chi connectivity index (χ1v) is 6.74. The molecule has 1 heteroatoms. The van der Waals surface area contributed by atoms with Crippen molar-refractivity contribution < 1.29 is 0 Å². The van der Waals surface area contributed by atoms with E-state index in [1.165, 1.54) is 30.4 Å². The number of nitrogens with zero attached hydrogens (tertiary/aromatic N) is 1. The monoisotopic (exact) mass is 225 g/mol. The van der Waals surface area contributed by atoms with Crippen LogP contribution in [0.5, 0.6) is 0 Å². The first-order chi connectivity index (χ1) is 8.20. The number of benzene rings is 1. The zero-order valence-corrected chi connectivity index (χ0v) is 10.6. The highest BCUT2D eigenvalue weighted by atomic mass is 14.4. The molecule has 0 heterocycles. The Hall–Kier alpha value is -1.29. The summed E-state index contributed by atoms with van der Waals surface area (Å²) in [5, 5.41) is 9.13. The van der Waals surface area contributed by atoms with Gasteiger partial charge < -0.3 is 0 Å². The Balaban J connectivity index is 1.88. The van der Waals surface area contributed by atoms with Crippen molar-refractivity contribution in [2.24, 2.45) is 11.8 Å². The van der Waals surface area contributed by atoms with Crippen molar-refractivity contribution in [3.05, 3.63) is 34.9 Å². The van der Waals surface area contributed by atoms with Crippen LogP contribution in [0.15, 0.2) is 18.2 Å². The first kappa shape index (κ1) is 10.8. The van der Waals surface area contributed by atoms with Gasteiger partial charge in [0.2, 0.25) is 0 Å². The molecule has 1 aromatic rings. The minimum absolute atomic E-state index is 0.681. The van der Waals surface area contributed by atoms with Crippen LogP contribution in [0.25, 0.3) is 0 Å². The molecule has 1 nitrogen and oxygen atoms in total. The fourth-order valence-electron chi connectivity index (χ4n) is 2.98. The molecule has 0 aliphatic heterocycles. The van der Waals surface area contributed by atoms with E-state index >= 15 is 0 Å². The van der Waals surface area contributed by atoms with Gasteiger partial charge >= 0.3 is 0 Å². The lowest BCUT2D eigenvalue weighted by atomic mass is 9.96. The molecule has 0 saturated heterocycles. The molecule has 2 fully saturated rings. The molecule has 88 valence electrons. The molecule has 2 atom stereocenters. The third kappa shape index (κ3) is 1.97. The van der Waals surface area contributed by atoms with Crippen molar-refractivity contribution in [3.63, 3.8) is 0 Å². The SMILES string of the molecule is CC(C)[C@H]1C[C@@H]1c1ccc(C#N)c(C2CC2)c1. The maximum atomic E-state index is 9.13. The second-order valence-corrected chi connectivity index (χ2v) is 5.98. The van der Waals surface area contributed by atoms with Crippen LogP contribution in [0.1, 0.15) is 61.6 Å². The molecular weight excluding hydrogens is 206 g/mol. The van der Waals surface area contributed by atoms with E-state index in [4.69, 9.17) is 5.26 Å². The molecule has 0 amide bonds. The van der Waals surface area contributed by atoms with Crippen LogP contribution in [0.3, 0.4) is 0 Å². The lowest BCUT2D eigenvalue weighted by molar-refractivity contribution is 0.548. The second kappa shape index (κ2) is 3.88. The molecular formula is C16H19N. The van der Waals surface area contributed by atoms with Crippen molar-refractivity contribution in [1.82, 2.24) is 0 Å². The predicted octanol–water partition coefficient (Wildman–Crippen LogP) is 4.20. The molecule has 2 saturated carbocycles. The molecule has 0 bridgehead atoms. The van der Waals surface area contributed by atoms with Crippen LogP contribution in [0, 0.1) is 23.2 Å². The zero-order valence-electron chi connectivity index (χ0n) is 10.6. The summed E-state index contributed by atoms with van der Waals surface area (Å²) in [6.07, 6.45) is 3.89. The fraction of sp³-hybridized carbons (Fsp3) is 0.562. The largest absolute Gasteiger partial charge is 0.192 e. The average molecular weight is 225 g/mol. The highest BCUT2D eigenvalue weighted by molar-refractivity contribution is 5.46. The maximum Gasteiger partial charge on any atom is 0.0994 e. The Labute approximate surface area is 103 Å². The molecule has 3 rings (SSSR count). The van der Waals surface area contributed by atoms with Gasteiger partial charge in [-0.05, 0) is 60.1 Å². The molecule has 1 aromatic carbocycles. The molecule has 2 aliphatic carbocycles. The average Bonchev–Trinajstić information content (AvgIpc) is 3.17. The van der Waals surface area contributed by atoms with Gasteiger partial charge in [-0.3, -0.25) is 0 Å². The van der Waals surface area contributed by atoms with E-state index in [1.54, 1.807) is 0 Å². The smallest absolute Gasteiger partial charge is 0.0994 e. The van der Waals surface area contributed by atoms with E-state index in [0.29, 0.717) is 5.92 Å². The van der Waals surface area contributed by atoms with Crippen molar-refractivity contribution >= 4 is 0 Å². The number of nitriles is 1. The minimum atomic E-state index is 0.681. The van der Waals surface area contributed by atoms with Gasteiger partial charge in [0, 0.05) is 0 Å². The zero-order chi connectivity index (χ0) is 12.0. The third-order valence-electron chi connectivity index (χ3n) is 4.34. The summed E-state index contributed by atoms with van der Waals surface area (Å²) in [5.41, 5.74) is 3.70. The van der Waals surface area contributed by atoms with Gasteiger partial charge in [0.05, 0.1) is 11.6 Å². The maximum absolute atomic E-state index is 9.13. The van der Waals surface area contributed by atoms with Gasteiger partial charge in [-0.2, -0.15) is 5.26 Å². The molecule has 0 N–H and O–H groups in total. The number of rotatable bonds is 3. The Morgan fingerprint density at radius 1 is 1.29 bits per heavy atom. The second-order valence-electron chi connectivity index (χ2n) is 5.98. The lowest BCUT2D eigenvalue weighted by Crippen LogP contribution is -1.95. The number of hydrogen-bond donors (Lipinski definition) is 0. The minimum Gasteiger partial charge on any atom is -0.192 e. The normalized spacial score (nSPS) is 26.9. The van der Waals surface area contributed by atoms with Crippen LogP contribution in [0.2, 0.25) is 0 Å². The molecule has 2 aliphatic rings. The summed E-state index contributed by atoms with van der Waals surface area (Å²) >= 11 is 0. The van der Waals surface area contributed by atoms with Gasteiger partial charge in [-0.15, -0.1) is 0 Å². The first-order valence-electron chi connectivity index (χ1n) is 6.74. The summed E-state index contributed by atoms with van der Waals surface area (Å²) in [6.45, 7) is 4.63. The van der Waals surface area contributed by atoms with Crippen molar-refractivity contribution in [1.29, 1.82) is 5.26 Å². The Kier molecular flexibility index (Phi) is 2.47. The highest BCUT2D eigenvalue weighted by Gasteiger charge is 2.40. The number of hydrogen-bond acceptors (Lipinski definition) is 1. The molecule has 0 radical (unpaired) electrons. The summed E-state index contributed by atoms with van der Waals surface area (Å²) in [7, 11) is 0. The molecule has 0 spiro atoms. The van der Waals surface area contributed by atoms with Crippen LogP contribution >= 0.6 is 0 Å². The Morgan fingerprint density at radius 3 is 2.59 bits per heavy atom. The van der Waals surface area contributed by atoms with Crippen LogP contribution in [-0.2, 0) is 0 Å². The van der Waals surface area contributed by atoms with Crippen molar-refractivity contribution in [2.75, 3.05) is 0 Å². The lowest BCUT2D eigenvalue weighted by Gasteiger charge is -2.07.